The van der Waals surface area contributed by atoms with Crippen molar-refractivity contribution < 1.29 is 19.1 Å². The molecule has 2 aromatic carbocycles. The first-order valence-corrected chi connectivity index (χ1v) is 10.4. The molecule has 0 fully saturated rings. The predicted octanol–water partition coefficient (Wildman–Crippen LogP) is 4.06. The van der Waals surface area contributed by atoms with E-state index in [4.69, 9.17) is 21.1 Å². The van der Waals surface area contributed by atoms with Gasteiger partial charge in [0.05, 0.1) is 7.11 Å². The summed E-state index contributed by atoms with van der Waals surface area (Å²) in [5.74, 6) is 0.700. The van der Waals surface area contributed by atoms with Crippen LogP contribution in [-0.4, -0.2) is 43.0 Å². The van der Waals surface area contributed by atoms with Gasteiger partial charge >= 0.3 is 0 Å². The topological polar surface area (TPSA) is 67.9 Å². The highest BCUT2D eigenvalue weighted by molar-refractivity contribution is 6.30. The first-order chi connectivity index (χ1) is 14.4. The minimum atomic E-state index is -0.650. The molecule has 2 rings (SSSR count). The number of nitrogens with zero attached hydrogens (tertiary/aromatic N) is 1. The van der Waals surface area contributed by atoms with E-state index in [1.807, 2.05) is 24.3 Å². The van der Waals surface area contributed by atoms with Gasteiger partial charge in [-0.2, -0.15) is 0 Å². The summed E-state index contributed by atoms with van der Waals surface area (Å²) in [6.45, 7) is 4.42. The van der Waals surface area contributed by atoms with E-state index in [2.05, 4.69) is 12.2 Å². The molecule has 30 heavy (non-hydrogen) atoms. The van der Waals surface area contributed by atoms with Crippen LogP contribution in [0.2, 0.25) is 5.02 Å². The number of unbranched alkanes of at least 4 members (excludes halogenated alkanes) is 1. The maximum absolute atomic E-state index is 13.0. The summed E-state index contributed by atoms with van der Waals surface area (Å²) in [5, 5.41) is 3.42. The highest BCUT2D eigenvalue weighted by Crippen LogP contribution is 2.19. The molecule has 0 aliphatic carbocycles. The zero-order valence-corrected chi connectivity index (χ0v) is 18.4. The summed E-state index contributed by atoms with van der Waals surface area (Å²) in [4.78, 5) is 27.1. The van der Waals surface area contributed by atoms with Crippen LogP contribution in [0.1, 0.15) is 32.3 Å². The lowest BCUT2D eigenvalue weighted by atomic mass is 10.1. The molecule has 0 aliphatic heterocycles. The second-order valence-corrected chi connectivity index (χ2v) is 7.38. The lowest BCUT2D eigenvalue weighted by Crippen LogP contribution is -2.49. The van der Waals surface area contributed by atoms with Crippen molar-refractivity contribution >= 4 is 23.4 Å². The first kappa shape index (κ1) is 23.5. The minimum Gasteiger partial charge on any atom is -0.497 e. The fraction of sp³-hybridized carbons (Fsp3) is 0.391. The molecule has 0 aromatic heterocycles. The lowest BCUT2D eigenvalue weighted by molar-refractivity contribution is -0.142. The molecule has 0 aliphatic rings. The van der Waals surface area contributed by atoms with E-state index in [0.29, 0.717) is 23.1 Å². The molecule has 1 N–H and O–H groups in total. The molecule has 6 nitrogen and oxygen atoms in total. The van der Waals surface area contributed by atoms with Gasteiger partial charge in [-0.1, -0.05) is 43.1 Å². The van der Waals surface area contributed by atoms with Crippen molar-refractivity contribution in [3.05, 3.63) is 59.1 Å². The molecule has 2 amide bonds. The Labute approximate surface area is 183 Å². The number of hydrogen-bond donors (Lipinski definition) is 1. The number of hydrogen-bond acceptors (Lipinski definition) is 4. The van der Waals surface area contributed by atoms with Crippen LogP contribution in [0.4, 0.5) is 0 Å². The SMILES string of the molecule is CCCCNC(=O)[C@H](C)N(Cc1cccc(OC)c1)C(=O)COc1cccc(Cl)c1. The van der Waals surface area contributed by atoms with Crippen LogP contribution in [0.25, 0.3) is 0 Å². The lowest BCUT2D eigenvalue weighted by Gasteiger charge is -2.29. The van der Waals surface area contributed by atoms with Crippen molar-refractivity contribution in [2.75, 3.05) is 20.3 Å². The van der Waals surface area contributed by atoms with Gasteiger partial charge in [-0.15, -0.1) is 0 Å². The fourth-order valence-corrected chi connectivity index (χ4v) is 3.05. The molecule has 162 valence electrons. The standard InChI is InChI=1S/C23H29ClN2O4/c1-4-5-12-25-23(28)17(2)26(15-18-8-6-10-20(13-18)29-3)22(27)16-30-21-11-7-9-19(24)14-21/h6-11,13-14,17H,4-5,12,15-16H2,1-3H3,(H,25,28)/t17-/m0/s1. The average molecular weight is 433 g/mol. The van der Waals surface area contributed by atoms with E-state index < -0.39 is 6.04 Å². The Balaban J connectivity index is 2.13. The van der Waals surface area contributed by atoms with E-state index in [1.165, 1.54) is 4.90 Å². The summed E-state index contributed by atoms with van der Waals surface area (Å²) in [6, 6.07) is 13.6. The van der Waals surface area contributed by atoms with E-state index in [9.17, 15) is 9.59 Å². The number of halogens is 1. The van der Waals surface area contributed by atoms with Gasteiger partial charge in [0.25, 0.3) is 5.91 Å². The Morgan fingerprint density at radius 2 is 1.87 bits per heavy atom. The molecule has 2 aromatic rings. The Morgan fingerprint density at radius 3 is 2.57 bits per heavy atom. The molecule has 0 unspecified atom stereocenters. The number of amides is 2. The number of ether oxygens (including phenoxy) is 2. The Bertz CT molecular complexity index is 843. The highest BCUT2D eigenvalue weighted by atomic mass is 35.5. The zero-order chi connectivity index (χ0) is 21.9. The van der Waals surface area contributed by atoms with Gasteiger partial charge in [0.15, 0.2) is 6.61 Å². The Hall–Kier alpha value is -2.73. The predicted molar refractivity (Wildman–Crippen MR) is 118 cm³/mol. The molecule has 0 saturated heterocycles. The number of carbonyl (C=O) groups is 2. The van der Waals surface area contributed by atoms with Crippen LogP contribution in [-0.2, 0) is 16.1 Å². The Morgan fingerprint density at radius 1 is 1.13 bits per heavy atom. The second kappa shape index (κ2) is 12.1. The molecule has 0 bridgehead atoms. The van der Waals surface area contributed by atoms with Crippen molar-refractivity contribution in [3.8, 4) is 11.5 Å². The van der Waals surface area contributed by atoms with Crippen LogP contribution in [0.15, 0.2) is 48.5 Å². The third-order valence-electron chi connectivity index (χ3n) is 4.64. The number of nitrogens with one attached hydrogen (secondary N) is 1. The second-order valence-electron chi connectivity index (χ2n) is 6.94. The first-order valence-electron chi connectivity index (χ1n) is 10.0. The third-order valence-corrected chi connectivity index (χ3v) is 4.88. The summed E-state index contributed by atoms with van der Waals surface area (Å²) in [7, 11) is 1.59. The average Bonchev–Trinajstić information content (AvgIpc) is 2.75. The zero-order valence-electron chi connectivity index (χ0n) is 17.7. The molecule has 0 radical (unpaired) electrons. The highest BCUT2D eigenvalue weighted by Gasteiger charge is 2.26. The van der Waals surface area contributed by atoms with Crippen LogP contribution in [0.5, 0.6) is 11.5 Å². The van der Waals surface area contributed by atoms with Crippen molar-refractivity contribution in [3.63, 3.8) is 0 Å². The van der Waals surface area contributed by atoms with Crippen LogP contribution in [0.3, 0.4) is 0 Å². The third kappa shape index (κ3) is 7.26. The molecular formula is C23H29ClN2O4. The Kier molecular flexibility index (Phi) is 9.48. The van der Waals surface area contributed by atoms with Crippen LogP contribution >= 0.6 is 11.6 Å². The van der Waals surface area contributed by atoms with E-state index in [1.54, 1.807) is 38.3 Å². The van der Waals surface area contributed by atoms with Crippen molar-refractivity contribution in [1.29, 1.82) is 0 Å². The number of benzene rings is 2. The maximum atomic E-state index is 13.0. The molecule has 7 heteroatoms. The van der Waals surface area contributed by atoms with Gasteiger partial charge in [-0.25, -0.2) is 0 Å². The van der Waals surface area contributed by atoms with E-state index in [-0.39, 0.29) is 25.0 Å². The van der Waals surface area contributed by atoms with Gasteiger partial charge in [0, 0.05) is 18.1 Å². The largest absolute Gasteiger partial charge is 0.497 e. The minimum absolute atomic E-state index is 0.192. The van der Waals surface area contributed by atoms with Gasteiger partial charge in [-0.3, -0.25) is 9.59 Å². The fourth-order valence-electron chi connectivity index (χ4n) is 2.87. The summed E-state index contributed by atoms with van der Waals surface area (Å²) >= 11 is 5.97. The summed E-state index contributed by atoms with van der Waals surface area (Å²) in [5.41, 5.74) is 0.860. The number of methoxy groups -OCH3 is 1. The summed E-state index contributed by atoms with van der Waals surface area (Å²) in [6.07, 6.45) is 1.87. The van der Waals surface area contributed by atoms with Gasteiger partial charge in [-0.05, 0) is 49.2 Å². The summed E-state index contributed by atoms with van der Waals surface area (Å²) < 4.78 is 10.9. The van der Waals surface area contributed by atoms with E-state index in [0.717, 1.165) is 18.4 Å². The smallest absolute Gasteiger partial charge is 0.261 e. The van der Waals surface area contributed by atoms with Crippen LogP contribution in [0, 0.1) is 0 Å². The van der Waals surface area contributed by atoms with Crippen LogP contribution < -0.4 is 14.8 Å². The van der Waals surface area contributed by atoms with Gasteiger partial charge < -0.3 is 19.7 Å². The van der Waals surface area contributed by atoms with Gasteiger partial charge in [0.1, 0.15) is 17.5 Å². The van der Waals surface area contributed by atoms with Crippen molar-refractivity contribution in [2.24, 2.45) is 0 Å². The number of carbonyl (C=O) groups excluding carboxylic acids is 2. The van der Waals surface area contributed by atoms with Crippen molar-refractivity contribution in [2.45, 2.75) is 39.3 Å². The maximum Gasteiger partial charge on any atom is 0.261 e. The van der Waals surface area contributed by atoms with Crippen molar-refractivity contribution in [1.82, 2.24) is 10.2 Å². The molecule has 0 saturated carbocycles. The normalized spacial score (nSPS) is 11.5. The molecular weight excluding hydrogens is 404 g/mol. The number of rotatable bonds is 11. The van der Waals surface area contributed by atoms with E-state index >= 15 is 0 Å². The quantitative estimate of drug-likeness (QED) is 0.544. The molecule has 0 spiro atoms. The molecule has 0 heterocycles. The monoisotopic (exact) mass is 432 g/mol. The molecule has 1 atom stereocenters. The van der Waals surface area contributed by atoms with Gasteiger partial charge in [0.2, 0.25) is 5.91 Å².